The number of aromatic amines is 1. The molecule has 0 radical (unpaired) electrons. The molecule has 3 aliphatic rings. The predicted octanol–water partition coefficient (Wildman–Crippen LogP) is 0.580. The third-order valence-corrected chi connectivity index (χ3v) is 6.20. The number of carbonyl (C=O) groups excluding carboxylic acids is 1. The maximum Gasteiger partial charge on any atom is 0.261 e. The van der Waals surface area contributed by atoms with Crippen molar-refractivity contribution in [3.05, 3.63) is 33.7 Å². The van der Waals surface area contributed by atoms with E-state index >= 15 is 0 Å². The Hall–Kier alpha value is -1.74. The van der Waals surface area contributed by atoms with Crippen LogP contribution in [0, 0.1) is 0 Å². The predicted molar refractivity (Wildman–Crippen MR) is 109 cm³/mol. The summed E-state index contributed by atoms with van der Waals surface area (Å²) < 4.78 is 10.8. The van der Waals surface area contributed by atoms with E-state index in [4.69, 9.17) is 9.47 Å². The van der Waals surface area contributed by atoms with Crippen molar-refractivity contribution in [2.45, 2.75) is 44.4 Å². The van der Waals surface area contributed by atoms with Crippen LogP contribution in [0.15, 0.2) is 16.9 Å². The Kier molecular flexibility index (Phi) is 6.97. The molecular formula is C21H32N4O4. The maximum atomic E-state index is 12.4. The third-order valence-electron chi connectivity index (χ3n) is 6.20. The quantitative estimate of drug-likeness (QED) is 0.721. The van der Waals surface area contributed by atoms with Crippen molar-refractivity contribution < 1.29 is 14.3 Å². The molecule has 4 heterocycles. The molecular weight excluding hydrogens is 372 g/mol. The Morgan fingerprint density at radius 1 is 1.14 bits per heavy atom. The Morgan fingerprint density at radius 3 is 2.62 bits per heavy atom. The highest BCUT2D eigenvalue weighted by molar-refractivity contribution is 5.93. The van der Waals surface area contributed by atoms with Crippen LogP contribution in [0.25, 0.3) is 0 Å². The average molecular weight is 405 g/mol. The normalized spacial score (nSPS) is 24.6. The van der Waals surface area contributed by atoms with Gasteiger partial charge < -0.3 is 24.7 Å². The Bertz CT molecular complexity index is 732. The Labute approximate surface area is 171 Å². The lowest BCUT2D eigenvalue weighted by atomic mass is 10.0. The number of piperidine rings is 1. The first kappa shape index (κ1) is 20.5. The minimum atomic E-state index is -0.376. The van der Waals surface area contributed by atoms with Crippen LogP contribution in [-0.2, 0) is 16.0 Å². The van der Waals surface area contributed by atoms with Gasteiger partial charge in [-0.2, -0.15) is 0 Å². The number of pyridine rings is 1. The van der Waals surface area contributed by atoms with Crippen molar-refractivity contribution in [1.29, 1.82) is 0 Å². The number of rotatable bonds is 6. The number of nitrogens with one attached hydrogen (secondary N) is 2. The molecule has 29 heavy (non-hydrogen) atoms. The van der Waals surface area contributed by atoms with Gasteiger partial charge in [-0.15, -0.1) is 0 Å². The molecule has 160 valence electrons. The SMILES string of the molecule is O=C(NCC1COCCO1)c1ccc(CN2CCC(N3CCCC3)CC2)[nH]c1=O. The fraction of sp³-hybridized carbons (Fsp3) is 0.714. The number of amides is 1. The summed E-state index contributed by atoms with van der Waals surface area (Å²) in [6.45, 7) is 7.24. The molecule has 1 amide bonds. The summed E-state index contributed by atoms with van der Waals surface area (Å²) in [6.07, 6.45) is 4.90. The molecule has 2 N–H and O–H groups in total. The molecule has 3 saturated heterocycles. The molecule has 1 unspecified atom stereocenters. The van der Waals surface area contributed by atoms with Gasteiger partial charge in [0.05, 0.1) is 25.9 Å². The highest BCUT2D eigenvalue weighted by Crippen LogP contribution is 2.21. The zero-order chi connectivity index (χ0) is 20.1. The van der Waals surface area contributed by atoms with E-state index < -0.39 is 0 Å². The van der Waals surface area contributed by atoms with Crippen LogP contribution in [0.4, 0.5) is 0 Å². The molecule has 8 heteroatoms. The first-order valence-electron chi connectivity index (χ1n) is 10.9. The second-order valence-electron chi connectivity index (χ2n) is 8.25. The van der Waals surface area contributed by atoms with E-state index in [9.17, 15) is 9.59 Å². The first-order chi connectivity index (χ1) is 14.2. The van der Waals surface area contributed by atoms with Gasteiger partial charge in [0.2, 0.25) is 0 Å². The molecule has 0 bridgehead atoms. The van der Waals surface area contributed by atoms with Crippen molar-refractivity contribution in [3.63, 3.8) is 0 Å². The number of H-pyrrole nitrogens is 1. The van der Waals surface area contributed by atoms with Gasteiger partial charge in [-0.3, -0.25) is 14.5 Å². The summed E-state index contributed by atoms with van der Waals surface area (Å²) in [5, 5.41) is 2.76. The van der Waals surface area contributed by atoms with E-state index in [-0.39, 0.29) is 23.1 Å². The van der Waals surface area contributed by atoms with Crippen molar-refractivity contribution in [2.24, 2.45) is 0 Å². The lowest BCUT2D eigenvalue weighted by Crippen LogP contribution is -2.43. The second kappa shape index (κ2) is 9.84. The van der Waals surface area contributed by atoms with Gasteiger partial charge in [0.25, 0.3) is 11.5 Å². The standard InChI is InChI=1S/C21H32N4O4/c26-20(22-13-18-15-28-11-12-29-18)19-4-3-16(23-21(19)27)14-24-9-5-17(6-10-24)25-7-1-2-8-25/h3-4,17-18H,1-2,5-15H2,(H,22,26)(H,23,27). The molecule has 4 rings (SSSR count). The minimum absolute atomic E-state index is 0.137. The number of carbonyl (C=O) groups is 1. The van der Waals surface area contributed by atoms with Crippen LogP contribution >= 0.6 is 0 Å². The van der Waals surface area contributed by atoms with Crippen LogP contribution in [0.3, 0.4) is 0 Å². The summed E-state index contributed by atoms with van der Waals surface area (Å²) in [5.74, 6) is -0.376. The molecule has 3 fully saturated rings. The van der Waals surface area contributed by atoms with Gasteiger partial charge in [0, 0.05) is 37.9 Å². The van der Waals surface area contributed by atoms with E-state index in [0.29, 0.717) is 26.4 Å². The van der Waals surface area contributed by atoms with Gasteiger partial charge in [0.15, 0.2) is 0 Å². The second-order valence-corrected chi connectivity index (χ2v) is 8.25. The fourth-order valence-corrected chi connectivity index (χ4v) is 4.53. The lowest BCUT2D eigenvalue weighted by molar-refractivity contribution is -0.0855. The summed E-state index contributed by atoms with van der Waals surface area (Å²) in [5.41, 5.74) is 0.654. The van der Waals surface area contributed by atoms with E-state index in [0.717, 1.165) is 31.4 Å². The fourth-order valence-electron chi connectivity index (χ4n) is 4.53. The van der Waals surface area contributed by atoms with E-state index in [1.807, 2.05) is 6.07 Å². The zero-order valence-corrected chi connectivity index (χ0v) is 17.0. The van der Waals surface area contributed by atoms with Crippen LogP contribution < -0.4 is 10.9 Å². The maximum absolute atomic E-state index is 12.4. The van der Waals surface area contributed by atoms with Gasteiger partial charge in [-0.05, 0) is 50.9 Å². The molecule has 1 aromatic heterocycles. The number of likely N-dealkylation sites (tertiary alicyclic amines) is 2. The van der Waals surface area contributed by atoms with Crippen molar-refractivity contribution >= 4 is 5.91 Å². The molecule has 0 aromatic carbocycles. The summed E-state index contributed by atoms with van der Waals surface area (Å²) in [7, 11) is 0. The Balaban J connectivity index is 1.26. The monoisotopic (exact) mass is 404 g/mol. The number of aromatic nitrogens is 1. The zero-order valence-electron chi connectivity index (χ0n) is 17.0. The topological polar surface area (TPSA) is 86.9 Å². The summed E-state index contributed by atoms with van der Waals surface area (Å²) in [6, 6.07) is 4.19. The van der Waals surface area contributed by atoms with Crippen molar-refractivity contribution in [3.8, 4) is 0 Å². The van der Waals surface area contributed by atoms with Crippen molar-refractivity contribution in [1.82, 2.24) is 20.1 Å². The summed E-state index contributed by atoms with van der Waals surface area (Å²) >= 11 is 0. The lowest BCUT2D eigenvalue weighted by Gasteiger charge is -2.36. The number of hydrogen-bond donors (Lipinski definition) is 2. The van der Waals surface area contributed by atoms with Crippen molar-refractivity contribution in [2.75, 3.05) is 52.5 Å². The average Bonchev–Trinajstić information content (AvgIpc) is 3.28. The van der Waals surface area contributed by atoms with Gasteiger partial charge >= 0.3 is 0 Å². The van der Waals surface area contributed by atoms with Crippen LogP contribution in [0.1, 0.15) is 41.7 Å². The molecule has 3 aliphatic heterocycles. The van der Waals surface area contributed by atoms with E-state index in [1.165, 1.54) is 38.8 Å². The van der Waals surface area contributed by atoms with Crippen LogP contribution in [0.5, 0.6) is 0 Å². The van der Waals surface area contributed by atoms with Gasteiger partial charge in [-0.25, -0.2) is 0 Å². The van der Waals surface area contributed by atoms with Gasteiger partial charge in [-0.1, -0.05) is 0 Å². The molecule has 1 aromatic rings. The van der Waals surface area contributed by atoms with Gasteiger partial charge in [0.1, 0.15) is 5.56 Å². The highest BCUT2D eigenvalue weighted by Gasteiger charge is 2.26. The Morgan fingerprint density at radius 2 is 1.93 bits per heavy atom. The first-order valence-corrected chi connectivity index (χ1v) is 10.9. The minimum Gasteiger partial charge on any atom is -0.376 e. The smallest absolute Gasteiger partial charge is 0.261 e. The van der Waals surface area contributed by atoms with Crippen LogP contribution in [0.2, 0.25) is 0 Å². The number of nitrogens with zero attached hydrogens (tertiary/aromatic N) is 2. The molecule has 0 aliphatic carbocycles. The molecule has 1 atom stereocenters. The summed E-state index contributed by atoms with van der Waals surface area (Å²) in [4.78, 5) is 32.6. The molecule has 8 nitrogen and oxygen atoms in total. The number of hydrogen-bond acceptors (Lipinski definition) is 6. The van der Waals surface area contributed by atoms with Crippen LogP contribution in [-0.4, -0.2) is 85.4 Å². The molecule has 0 saturated carbocycles. The highest BCUT2D eigenvalue weighted by atomic mass is 16.6. The third kappa shape index (κ3) is 5.45. The molecule has 0 spiro atoms. The van der Waals surface area contributed by atoms with E-state index in [2.05, 4.69) is 20.1 Å². The van der Waals surface area contributed by atoms with E-state index in [1.54, 1.807) is 6.07 Å². The largest absolute Gasteiger partial charge is 0.376 e. The number of ether oxygens (including phenoxy) is 2.